The first-order valence-electron chi connectivity index (χ1n) is 11.3. The number of benzene rings is 1. The summed E-state index contributed by atoms with van der Waals surface area (Å²) in [7, 11) is 0. The third-order valence-corrected chi connectivity index (χ3v) is 8.15. The number of anilines is 1. The van der Waals surface area contributed by atoms with Gasteiger partial charge in [-0.3, -0.25) is 19.3 Å². The lowest BCUT2D eigenvalue weighted by molar-refractivity contribution is -0.140. The van der Waals surface area contributed by atoms with Crippen molar-refractivity contribution in [2.24, 2.45) is 16.7 Å². The van der Waals surface area contributed by atoms with Crippen LogP contribution in [-0.2, 0) is 19.1 Å². The topological polar surface area (TPSA) is 70.2 Å². The lowest BCUT2D eigenvalue weighted by atomic mass is 10.0. The Kier molecular flexibility index (Phi) is 6.11. The van der Waals surface area contributed by atoms with E-state index in [1.165, 1.54) is 4.90 Å². The third-order valence-electron chi connectivity index (χ3n) is 7.90. The second kappa shape index (κ2) is 8.43. The van der Waals surface area contributed by atoms with Crippen molar-refractivity contribution >= 4 is 35.0 Å². The molecule has 0 bridgehead atoms. The highest BCUT2D eigenvalue weighted by Gasteiger charge is 2.69. The average Bonchev–Trinajstić information content (AvgIpc) is 2.98. The zero-order valence-electron chi connectivity index (χ0n) is 19.3. The first-order valence-corrected chi connectivity index (χ1v) is 11.7. The number of morpholine rings is 1. The average molecular weight is 462 g/mol. The summed E-state index contributed by atoms with van der Waals surface area (Å²) < 4.78 is 5.42. The Labute approximate surface area is 194 Å². The Balaban J connectivity index is 1.57. The van der Waals surface area contributed by atoms with E-state index in [9.17, 15) is 14.4 Å². The monoisotopic (exact) mass is 461 g/mol. The van der Waals surface area contributed by atoms with E-state index in [0.29, 0.717) is 37.0 Å². The first-order chi connectivity index (χ1) is 15.1. The molecular weight excluding hydrogens is 430 g/mol. The fourth-order valence-corrected chi connectivity index (χ4v) is 5.32. The molecule has 3 aliphatic rings. The Bertz CT molecular complexity index is 894. The fourth-order valence-electron chi connectivity index (χ4n) is 5.19. The molecule has 1 saturated carbocycles. The zero-order chi connectivity index (χ0) is 23.3. The predicted octanol–water partition coefficient (Wildman–Crippen LogP) is 2.81. The SMILES string of the molecule is CC1(C)C(C(=O)N(CCN2CCOCC2)C2CC(=O)N(c3ccc(Cl)cc3)C2=O)C1(C)C. The van der Waals surface area contributed by atoms with Crippen LogP contribution in [0, 0.1) is 16.7 Å². The van der Waals surface area contributed by atoms with Gasteiger partial charge in [0.25, 0.3) is 5.91 Å². The van der Waals surface area contributed by atoms with Crippen LogP contribution in [0.3, 0.4) is 0 Å². The molecule has 8 heteroatoms. The Morgan fingerprint density at radius 2 is 1.69 bits per heavy atom. The van der Waals surface area contributed by atoms with Crippen LogP contribution in [0.2, 0.25) is 5.02 Å². The highest BCUT2D eigenvalue weighted by atomic mass is 35.5. The molecule has 7 nitrogen and oxygen atoms in total. The van der Waals surface area contributed by atoms with Crippen LogP contribution in [-0.4, -0.2) is 73.0 Å². The van der Waals surface area contributed by atoms with Crippen LogP contribution >= 0.6 is 11.6 Å². The Morgan fingerprint density at radius 1 is 1.09 bits per heavy atom. The van der Waals surface area contributed by atoms with Gasteiger partial charge in [-0.1, -0.05) is 39.3 Å². The number of carbonyl (C=O) groups is 3. The molecule has 0 radical (unpaired) electrons. The number of imide groups is 1. The van der Waals surface area contributed by atoms with Gasteiger partial charge in [-0.15, -0.1) is 0 Å². The number of amides is 3. The van der Waals surface area contributed by atoms with Gasteiger partial charge in [-0.2, -0.15) is 0 Å². The van der Waals surface area contributed by atoms with Crippen molar-refractivity contribution in [2.45, 2.75) is 40.2 Å². The van der Waals surface area contributed by atoms with Crippen LogP contribution in [0.15, 0.2) is 24.3 Å². The first kappa shape index (κ1) is 23.2. The number of rotatable bonds is 6. The normalized spacial score (nSPS) is 25.3. The standard InChI is InChI=1S/C24H32ClN3O4/c1-23(2)20(24(23,3)4)22(31)27(10-9-26-11-13-32-14-12-26)18-15-19(29)28(21(18)30)17-7-5-16(25)6-8-17/h5-8,18,20H,9-15H2,1-4H3. The van der Waals surface area contributed by atoms with Crippen molar-refractivity contribution in [3.8, 4) is 0 Å². The van der Waals surface area contributed by atoms with Crippen molar-refractivity contribution < 1.29 is 19.1 Å². The van der Waals surface area contributed by atoms with Crippen LogP contribution in [0.5, 0.6) is 0 Å². The number of ether oxygens (including phenoxy) is 1. The van der Waals surface area contributed by atoms with Crippen LogP contribution < -0.4 is 4.90 Å². The summed E-state index contributed by atoms with van der Waals surface area (Å²) in [5.74, 6) is -0.839. The number of halogens is 1. The summed E-state index contributed by atoms with van der Waals surface area (Å²) in [5, 5.41) is 0.532. The summed E-state index contributed by atoms with van der Waals surface area (Å²) in [6.07, 6.45) is 0.00386. The quantitative estimate of drug-likeness (QED) is 0.609. The molecule has 0 aromatic heterocycles. The van der Waals surface area contributed by atoms with E-state index >= 15 is 0 Å². The van der Waals surface area contributed by atoms with E-state index < -0.39 is 6.04 Å². The molecule has 3 amide bonds. The summed E-state index contributed by atoms with van der Waals surface area (Å²) >= 11 is 5.97. The van der Waals surface area contributed by atoms with E-state index in [-0.39, 0.29) is 40.9 Å². The number of hydrogen-bond acceptors (Lipinski definition) is 5. The van der Waals surface area contributed by atoms with Crippen molar-refractivity contribution in [1.29, 1.82) is 0 Å². The van der Waals surface area contributed by atoms with E-state index in [1.807, 2.05) is 0 Å². The molecule has 0 spiro atoms. The second-order valence-corrected chi connectivity index (χ2v) is 10.6. The third kappa shape index (κ3) is 3.95. The molecule has 1 atom stereocenters. The van der Waals surface area contributed by atoms with E-state index in [4.69, 9.17) is 16.3 Å². The van der Waals surface area contributed by atoms with Gasteiger partial charge in [0, 0.05) is 37.1 Å². The molecule has 32 heavy (non-hydrogen) atoms. The molecule has 0 N–H and O–H groups in total. The van der Waals surface area contributed by atoms with E-state index in [1.54, 1.807) is 29.2 Å². The molecule has 1 aromatic rings. The van der Waals surface area contributed by atoms with Gasteiger partial charge in [0.2, 0.25) is 11.8 Å². The lowest BCUT2D eigenvalue weighted by Gasteiger charge is -2.33. The number of carbonyl (C=O) groups excluding carboxylic acids is 3. The minimum Gasteiger partial charge on any atom is -0.379 e. The smallest absolute Gasteiger partial charge is 0.257 e. The maximum absolute atomic E-state index is 13.7. The maximum atomic E-state index is 13.7. The van der Waals surface area contributed by atoms with Crippen molar-refractivity contribution in [2.75, 3.05) is 44.3 Å². The van der Waals surface area contributed by atoms with Crippen molar-refractivity contribution in [1.82, 2.24) is 9.80 Å². The molecular formula is C24H32ClN3O4. The Morgan fingerprint density at radius 3 is 2.25 bits per heavy atom. The molecule has 1 aromatic carbocycles. The van der Waals surface area contributed by atoms with Gasteiger partial charge in [-0.25, -0.2) is 4.90 Å². The minimum atomic E-state index is -0.779. The molecule has 1 unspecified atom stereocenters. The minimum absolute atomic E-state index is 0.00386. The molecule has 2 aliphatic heterocycles. The second-order valence-electron chi connectivity index (χ2n) is 10.1. The highest BCUT2D eigenvalue weighted by molar-refractivity contribution is 6.30. The maximum Gasteiger partial charge on any atom is 0.257 e. The molecule has 174 valence electrons. The van der Waals surface area contributed by atoms with Gasteiger partial charge in [0.1, 0.15) is 6.04 Å². The van der Waals surface area contributed by atoms with Crippen molar-refractivity contribution in [3.63, 3.8) is 0 Å². The lowest BCUT2D eigenvalue weighted by Crippen LogP contribution is -2.50. The molecule has 2 heterocycles. The number of nitrogens with zero attached hydrogens (tertiary/aromatic N) is 3. The Hall–Kier alpha value is -1.96. The largest absolute Gasteiger partial charge is 0.379 e. The predicted molar refractivity (Wildman–Crippen MR) is 122 cm³/mol. The highest BCUT2D eigenvalue weighted by Crippen LogP contribution is 2.69. The fraction of sp³-hybridized carbons (Fsp3) is 0.625. The van der Waals surface area contributed by atoms with Crippen molar-refractivity contribution in [3.05, 3.63) is 29.3 Å². The van der Waals surface area contributed by atoms with Crippen LogP contribution in [0.4, 0.5) is 5.69 Å². The summed E-state index contributed by atoms with van der Waals surface area (Å²) in [6, 6.07) is 5.85. The van der Waals surface area contributed by atoms with Crippen LogP contribution in [0.25, 0.3) is 0 Å². The van der Waals surface area contributed by atoms with Gasteiger partial charge < -0.3 is 9.64 Å². The number of hydrogen-bond donors (Lipinski definition) is 0. The molecule has 4 rings (SSSR count). The molecule has 3 fully saturated rings. The van der Waals surface area contributed by atoms with Gasteiger partial charge in [-0.05, 0) is 35.1 Å². The van der Waals surface area contributed by atoms with Gasteiger partial charge >= 0.3 is 0 Å². The van der Waals surface area contributed by atoms with Gasteiger partial charge in [0.15, 0.2) is 0 Å². The van der Waals surface area contributed by atoms with E-state index in [2.05, 4.69) is 32.6 Å². The summed E-state index contributed by atoms with van der Waals surface area (Å²) in [5.41, 5.74) is 0.186. The van der Waals surface area contributed by atoms with E-state index in [0.717, 1.165) is 13.1 Å². The molecule has 2 saturated heterocycles. The van der Waals surface area contributed by atoms with Crippen LogP contribution in [0.1, 0.15) is 34.1 Å². The molecule has 1 aliphatic carbocycles. The summed E-state index contributed by atoms with van der Waals surface area (Å²) in [4.78, 5) is 45.1. The zero-order valence-corrected chi connectivity index (χ0v) is 20.0. The van der Waals surface area contributed by atoms with Gasteiger partial charge in [0.05, 0.1) is 25.3 Å². The summed E-state index contributed by atoms with van der Waals surface area (Å²) in [6.45, 7) is 12.4.